The van der Waals surface area contributed by atoms with Gasteiger partial charge in [0.15, 0.2) is 0 Å². The normalized spacial score (nSPS) is 23.1. The molecule has 41 heavy (non-hydrogen) atoms. The van der Waals surface area contributed by atoms with Gasteiger partial charge in [0, 0.05) is 29.9 Å². The van der Waals surface area contributed by atoms with Gasteiger partial charge in [0.2, 0.25) is 5.91 Å². The van der Waals surface area contributed by atoms with E-state index in [2.05, 4.69) is 16.9 Å². The van der Waals surface area contributed by atoms with Crippen molar-refractivity contribution in [3.8, 4) is 11.5 Å². The molecule has 1 aliphatic carbocycles. The van der Waals surface area contributed by atoms with Crippen molar-refractivity contribution >= 4 is 34.8 Å². The number of carboxylic acid groups (broad SMARTS) is 1. The van der Waals surface area contributed by atoms with Crippen molar-refractivity contribution in [1.29, 1.82) is 0 Å². The Balaban J connectivity index is 0.00000462. The van der Waals surface area contributed by atoms with Crippen LogP contribution >= 0.6 is 0 Å². The Hall–Kier alpha value is -3.35. The van der Waals surface area contributed by atoms with Gasteiger partial charge in [-0.1, -0.05) is 6.08 Å². The van der Waals surface area contributed by atoms with Crippen molar-refractivity contribution in [2.45, 2.75) is 56.9 Å². The largest absolute Gasteiger partial charge is 1.00 e. The molecule has 1 saturated carbocycles. The molecule has 0 radical (unpaired) electrons. The molecule has 2 heterocycles. The minimum absolute atomic E-state index is 0. The van der Waals surface area contributed by atoms with Crippen molar-refractivity contribution in [1.82, 2.24) is 15.2 Å². The van der Waals surface area contributed by atoms with E-state index in [9.17, 15) is 24.3 Å². The quantitative estimate of drug-likeness (QED) is 0.225. The number of fused-ring (bicyclic) bond motifs is 1. The van der Waals surface area contributed by atoms with Crippen LogP contribution in [0.3, 0.4) is 0 Å². The van der Waals surface area contributed by atoms with E-state index in [1.165, 1.54) is 25.2 Å². The molecule has 13 heteroatoms. The van der Waals surface area contributed by atoms with Crippen LogP contribution in [0.15, 0.2) is 36.9 Å². The Bertz CT molecular complexity index is 1380. The van der Waals surface area contributed by atoms with Gasteiger partial charge in [0.1, 0.15) is 34.8 Å². The van der Waals surface area contributed by atoms with Gasteiger partial charge in [-0.05, 0) is 39.3 Å². The summed E-state index contributed by atoms with van der Waals surface area (Å²) in [6.45, 7) is 8.78. The average Bonchev–Trinajstić information content (AvgIpc) is 3.45. The van der Waals surface area contributed by atoms with E-state index >= 15 is 0 Å². The van der Waals surface area contributed by atoms with Gasteiger partial charge >= 0.3 is 41.6 Å². The number of rotatable bonds is 8. The summed E-state index contributed by atoms with van der Waals surface area (Å²) < 4.78 is 21.8. The van der Waals surface area contributed by atoms with Gasteiger partial charge in [-0.15, -0.1) is 6.58 Å². The Kier molecular flexibility index (Phi) is 9.62. The standard InChI is InChI=1S/C28H33N3O9.Na/c1-7-15-13-28(15,25(35)38-6)30-23(32)21-11-17(14-31(21)26(36)40-27(2,3)4)39-22-12-20(24(33)34)29-19-10-16(37-5)8-9-18(19)22;/h7-10,12,15,17,21H,1,11,13-14H2,2-6H3,(H,30,32)(H,33,34);/q;+1/p-1. The van der Waals surface area contributed by atoms with Crippen LogP contribution in [0.4, 0.5) is 4.79 Å². The summed E-state index contributed by atoms with van der Waals surface area (Å²) in [7, 11) is 2.70. The number of hydrogen-bond donors (Lipinski definition) is 1. The number of esters is 1. The topological polar surface area (TPSA) is 156 Å². The number of amides is 2. The number of nitrogens with zero attached hydrogens (tertiary/aromatic N) is 2. The van der Waals surface area contributed by atoms with Crippen molar-refractivity contribution in [3.05, 3.63) is 42.6 Å². The molecular formula is C28H32N3NaO9. The summed E-state index contributed by atoms with van der Waals surface area (Å²) >= 11 is 0. The van der Waals surface area contributed by atoms with Crippen LogP contribution < -0.4 is 49.5 Å². The summed E-state index contributed by atoms with van der Waals surface area (Å²) in [5.41, 5.74) is -2.14. The van der Waals surface area contributed by atoms with Gasteiger partial charge in [-0.25, -0.2) is 14.6 Å². The molecule has 2 fully saturated rings. The molecule has 12 nitrogen and oxygen atoms in total. The van der Waals surface area contributed by atoms with Gasteiger partial charge in [0.05, 0.1) is 37.9 Å². The molecule has 4 unspecified atom stereocenters. The summed E-state index contributed by atoms with van der Waals surface area (Å²) in [6.07, 6.45) is 0.478. The number of aromatic carboxylic acids is 1. The molecule has 0 spiro atoms. The zero-order valence-corrected chi connectivity index (χ0v) is 26.0. The first kappa shape index (κ1) is 32.2. The fourth-order valence-electron chi connectivity index (χ4n) is 4.83. The predicted molar refractivity (Wildman–Crippen MR) is 140 cm³/mol. The molecule has 214 valence electrons. The monoisotopic (exact) mass is 577 g/mol. The maximum absolute atomic E-state index is 13.5. The Morgan fingerprint density at radius 3 is 2.46 bits per heavy atom. The van der Waals surface area contributed by atoms with Gasteiger partial charge < -0.3 is 34.2 Å². The van der Waals surface area contributed by atoms with Crippen LogP contribution in [-0.4, -0.2) is 77.9 Å². The zero-order valence-electron chi connectivity index (χ0n) is 24.0. The summed E-state index contributed by atoms with van der Waals surface area (Å²) in [5, 5.41) is 14.9. The van der Waals surface area contributed by atoms with E-state index in [4.69, 9.17) is 18.9 Å². The molecule has 1 N–H and O–H groups in total. The predicted octanol–water partition coefficient (Wildman–Crippen LogP) is -1.40. The third-order valence-electron chi connectivity index (χ3n) is 6.87. The van der Waals surface area contributed by atoms with Gasteiger partial charge in [-0.3, -0.25) is 9.69 Å². The molecule has 2 aromatic rings. The molecular weight excluding hydrogens is 545 g/mol. The van der Waals surface area contributed by atoms with Crippen molar-refractivity contribution in [3.63, 3.8) is 0 Å². The van der Waals surface area contributed by atoms with Crippen LogP contribution in [0, 0.1) is 5.92 Å². The Morgan fingerprint density at radius 2 is 1.90 bits per heavy atom. The van der Waals surface area contributed by atoms with Gasteiger partial charge in [-0.2, -0.15) is 0 Å². The van der Waals surface area contributed by atoms with Crippen molar-refractivity contribution < 1.29 is 72.8 Å². The fourth-order valence-corrected chi connectivity index (χ4v) is 4.83. The number of methoxy groups -OCH3 is 2. The Morgan fingerprint density at radius 1 is 1.20 bits per heavy atom. The minimum Gasteiger partial charge on any atom is -0.543 e. The number of hydrogen-bond acceptors (Lipinski definition) is 10. The molecule has 2 amide bonds. The first-order valence-corrected chi connectivity index (χ1v) is 12.7. The van der Waals surface area contributed by atoms with E-state index in [-0.39, 0.29) is 59.9 Å². The molecule has 1 aliphatic heterocycles. The van der Waals surface area contributed by atoms with Crippen LogP contribution in [0.2, 0.25) is 0 Å². The van der Waals surface area contributed by atoms with Crippen LogP contribution in [0.25, 0.3) is 10.9 Å². The fraction of sp³-hybridized carbons (Fsp3) is 0.464. The number of nitrogens with one attached hydrogen (secondary N) is 1. The molecule has 2 aliphatic rings. The molecule has 0 bridgehead atoms. The third kappa shape index (κ3) is 6.77. The Labute approximate surface area is 259 Å². The zero-order chi connectivity index (χ0) is 29.4. The number of carbonyl (C=O) groups excluding carboxylic acids is 4. The van der Waals surface area contributed by atoms with Crippen molar-refractivity contribution in [2.75, 3.05) is 20.8 Å². The number of likely N-dealkylation sites (tertiary alicyclic amines) is 1. The first-order chi connectivity index (χ1) is 18.8. The number of carboxylic acids is 1. The molecule has 1 aromatic heterocycles. The number of carbonyl (C=O) groups is 4. The summed E-state index contributed by atoms with van der Waals surface area (Å²) in [5.74, 6) is -2.34. The molecule has 1 aromatic carbocycles. The average molecular weight is 578 g/mol. The van der Waals surface area contributed by atoms with E-state index in [1.807, 2.05) is 0 Å². The molecule has 1 saturated heterocycles. The third-order valence-corrected chi connectivity index (χ3v) is 6.87. The van der Waals surface area contributed by atoms with E-state index < -0.39 is 47.2 Å². The number of pyridine rings is 1. The smallest absolute Gasteiger partial charge is 0.543 e. The first-order valence-electron chi connectivity index (χ1n) is 12.7. The van der Waals surface area contributed by atoms with Gasteiger partial charge in [0.25, 0.3) is 0 Å². The minimum atomic E-state index is -1.50. The second kappa shape index (κ2) is 12.3. The maximum atomic E-state index is 13.5. The van der Waals surface area contributed by atoms with Crippen molar-refractivity contribution in [2.24, 2.45) is 5.92 Å². The number of benzene rings is 1. The SMILES string of the molecule is C=CC1CC1(NC(=O)C1CC(Oc2cc(C(=O)[O-])nc3cc(OC)ccc23)CN1C(=O)OC(C)(C)C)C(=O)OC.[Na+]. The maximum Gasteiger partial charge on any atom is 1.00 e. The molecule has 4 rings (SSSR count). The van der Waals surface area contributed by atoms with E-state index in [0.717, 1.165) is 0 Å². The summed E-state index contributed by atoms with van der Waals surface area (Å²) in [6, 6.07) is 5.10. The second-order valence-electron chi connectivity index (χ2n) is 10.8. The van der Waals surface area contributed by atoms with Crippen LogP contribution in [0.5, 0.6) is 11.5 Å². The van der Waals surface area contributed by atoms with Crippen LogP contribution in [0.1, 0.15) is 44.1 Å². The number of aromatic nitrogens is 1. The van der Waals surface area contributed by atoms with E-state index in [1.54, 1.807) is 45.0 Å². The number of ether oxygens (including phenoxy) is 4. The van der Waals surface area contributed by atoms with E-state index in [0.29, 0.717) is 23.1 Å². The summed E-state index contributed by atoms with van der Waals surface area (Å²) in [4.78, 5) is 56.2. The molecule has 4 atom stereocenters. The van der Waals surface area contributed by atoms with Crippen LogP contribution in [-0.2, 0) is 19.1 Å². The second-order valence-corrected chi connectivity index (χ2v) is 10.8.